The molecule has 2 N–H and O–H groups in total. The molecule has 218 valence electrons. The van der Waals surface area contributed by atoms with Gasteiger partial charge < -0.3 is 15.0 Å². The van der Waals surface area contributed by atoms with Crippen LogP contribution < -0.4 is 14.9 Å². The zero-order valence-corrected chi connectivity index (χ0v) is 23.5. The molecule has 3 aromatic rings. The number of aromatic nitrogens is 2. The van der Waals surface area contributed by atoms with Crippen molar-refractivity contribution in [1.29, 1.82) is 0 Å². The molecule has 41 heavy (non-hydrogen) atoms. The molecular weight excluding hydrogens is 559 g/mol. The molecular formula is C28H30F3N5O4S. The third kappa shape index (κ3) is 7.75. The minimum Gasteiger partial charge on any atom is -0.444 e. The zero-order chi connectivity index (χ0) is 29.8. The van der Waals surface area contributed by atoms with E-state index >= 15 is 0 Å². The molecule has 0 fully saturated rings. The van der Waals surface area contributed by atoms with Gasteiger partial charge in [0.15, 0.2) is 5.03 Å². The number of nitrogens with zero attached hydrogens (tertiary/aromatic N) is 3. The van der Waals surface area contributed by atoms with E-state index in [-0.39, 0.29) is 29.5 Å². The number of carbonyl (C=O) groups excluding carboxylic acids is 1. The highest BCUT2D eigenvalue weighted by atomic mass is 32.2. The van der Waals surface area contributed by atoms with Gasteiger partial charge in [0, 0.05) is 25.2 Å². The lowest BCUT2D eigenvalue weighted by atomic mass is 9.99. The average Bonchev–Trinajstić information content (AvgIpc) is 2.88. The standard InChI is InChI=1S/C28H30F3N5O4S/c1-27(2,3)40-26(37)32-16-18-36-17-7-6-10-19-9-4-5-11-20(19)25-21(28(29,30)31)14-15-22(33-25)35-41(38,39)24-13-8-12-23(36)34-24/h4-6,8-15H,7,16-18H2,1-3H3,(H,32,37)(H,33,35). The SMILES string of the molecule is CC(C)(C)OC(=O)NCCN1CCC=Cc2ccccc2-c2nc(ccc2C(F)(F)F)NS(=O)(=O)c2cccc1n2. The maximum Gasteiger partial charge on any atom is 0.418 e. The number of sulfonamides is 1. The molecule has 2 aromatic heterocycles. The summed E-state index contributed by atoms with van der Waals surface area (Å²) in [5.41, 5.74) is -1.37. The Hall–Kier alpha value is -4.13. The summed E-state index contributed by atoms with van der Waals surface area (Å²) in [6.45, 7) is 6.09. The summed E-state index contributed by atoms with van der Waals surface area (Å²) < 4.78 is 75.8. The van der Waals surface area contributed by atoms with Crippen molar-refractivity contribution in [2.24, 2.45) is 0 Å². The molecule has 0 saturated carbocycles. The third-order valence-electron chi connectivity index (χ3n) is 5.88. The first kappa shape index (κ1) is 29.8. The number of anilines is 2. The van der Waals surface area contributed by atoms with E-state index in [2.05, 4.69) is 20.0 Å². The van der Waals surface area contributed by atoms with E-state index in [0.717, 1.165) is 12.1 Å². The zero-order valence-electron chi connectivity index (χ0n) is 22.7. The van der Waals surface area contributed by atoms with Crippen molar-refractivity contribution in [2.45, 2.75) is 44.0 Å². The molecule has 4 rings (SSSR count). The number of pyridine rings is 2. The van der Waals surface area contributed by atoms with Crippen LogP contribution in [0.5, 0.6) is 0 Å². The number of fused-ring (bicyclic) bond motifs is 6. The van der Waals surface area contributed by atoms with Crippen molar-refractivity contribution in [1.82, 2.24) is 15.3 Å². The van der Waals surface area contributed by atoms with Gasteiger partial charge in [-0.15, -0.1) is 0 Å². The van der Waals surface area contributed by atoms with Gasteiger partial charge in [-0.1, -0.05) is 42.5 Å². The normalized spacial score (nSPS) is 15.1. The van der Waals surface area contributed by atoms with Crippen LogP contribution in [0.15, 0.2) is 65.7 Å². The summed E-state index contributed by atoms with van der Waals surface area (Å²) in [4.78, 5) is 22.3. The largest absolute Gasteiger partial charge is 0.444 e. The number of alkyl halides is 3. The second kappa shape index (κ2) is 11.8. The number of hydrogen-bond donors (Lipinski definition) is 2. The van der Waals surface area contributed by atoms with Crippen molar-refractivity contribution < 1.29 is 31.1 Å². The summed E-state index contributed by atoms with van der Waals surface area (Å²) in [5, 5.41) is 2.34. The fraction of sp³-hybridized carbons (Fsp3) is 0.321. The van der Waals surface area contributed by atoms with Gasteiger partial charge in [0.1, 0.15) is 17.2 Å². The monoisotopic (exact) mass is 589 g/mol. The molecule has 1 aliphatic heterocycles. The smallest absolute Gasteiger partial charge is 0.418 e. The number of nitrogens with one attached hydrogen (secondary N) is 2. The Kier molecular flexibility index (Phi) is 8.57. The number of benzene rings is 1. The maximum absolute atomic E-state index is 13.9. The summed E-state index contributed by atoms with van der Waals surface area (Å²) in [7, 11) is -4.32. The molecule has 0 aliphatic carbocycles. The lowest BCUT2D eigenvalue weighted by Gasteiger charge is -2.25. The number of alkyl carbamates (subject to hydrolysis) is 1. The van der Waals surface area contributed by atoms with Gasteiger partial charge in [0.25, 0.3) is 10.0 Å². The summed E-state index contributed by atoms with van der Waals surface area (Å²) in [6, 6.07) is 12.7. The first-order valence-electron chi connectivity index (χ1n) is 12.8. The van der Waals surface area contributed by atoms with Gasteiger partial charge in [-0.05, 0) is 57.0 Å². The van der Waals surface area contributed by atoms with E-state index in [0.29, 0.717) is 24.3 Å². The average molecular weight is 590 g/mol. The Bertz CT molecular complexity index is 1550. The molecule has 4 bridgehead atoms. The van der Waals surface area contributed by atoms with E-state index < -0.39 is 39.2 Å². The van der Waals surface area contributed by atoms with Crippen LogP contribution in [0.25, 0.3) is 17.3 Å². The second-order valence-electron chi connectivity index (χ2n) is 10.2. The molecule has 3 heterocycles. The Morgan fingerprint density at radius 1 is 1.05 bits per heavy atom. The van der Waals surface area contributed by atoms with Gasteiger partial charge in [0.2, 0.25) is 0 Å². The molecule has 1 amide bonds. The number of hydrogen-bond acceptors (Lipinski definition) is 7. The van der Waals surface area contributed by atoms with E-state index in [1.54, 1.807) is 56.0 Å². The summed E-state index contributed by atoms with van der Waals surface area (Å²) >= 11 is 0. The van der Waals surface area contributed by atoms with Crippen molar-refractivity contribution in [2.75, 3.05) is 29.3 Å². The molecule has 13 heteroatoms. The Morgan fingerprint density at radius 3 is 2.54 bits per heavy atom. The predicted octanol–water partition coefficient (Wildman–Crippen LogP) is 5.71. The van der Waals surface area contributed by atoms with Gasteiger partial charge in [-0.2, -0.15) is 21.6 Å². The highest BCUT2D eigenvalue weighted by Gasteiger charge is 2.35. The van der Waals surface area contributed by atoms with Crippen LogP contribution in [-0.2, 0) is 20.9 Å². The van der Waals surface area contributed by atoms with Crippen LogP contribution >= 0.6 is 0 Å². The van der Waals surface area contributed by atoms with Crippen molar-refractivity contribution in [3.05, 3.63) is 71.8 Å². The second-order valence-corrected chi connectivity index (χ2v) is 11.9. The maximum atomic E-state index is 13.9. The first-order chi connectivity index (χ1) is 19.2. The Morgan fingerprint density at radius 2 is 1.80 bits per heavy atom. The first-order valence-corrected chi connectivity index (χ1v) is 14.3. The topological polar surface area (TPSA) is 114 Å². The van der Waals surface area contributed by atoms with Crippen LogP contribution in [0.4, 0.5) is 29.6 Å². The van der Waals surface area contributed by atoms with Crippen LogP contribution in [0.3, 0.4) is 0 Å². The summed E-state index contributed by atoms with van der Waals surface area (Å²) in [6.07, 6.45) is -1.36. The molecule has 0 saturated heterocycles. The van der Waals surface area contributed by atoms with Gasteiger partial charge in [0.05, 0.1) is 11.3 Å². The minimum absolute atomic E-state index is 0.189. The highest BCUT2D eigenvalue weighted by Crippen LogP contribution is 2.38. The van der Waals surface area contributed by atoms with Crippen LogP contribution in [0, 0.1) is 0 Å². The molecule has 0 unspecified atom stereocenters. The van der Waals surface area contributed by atoms with E-state index in [9.17, 15) is 26.4 Å². The van der Waals surface area contributed by atoms with Crippen LogP contribution in [0.1, 0.15) is 38.3 Å². The molecule has 1 aromatic carbocycles. The van der Waals surface area contributed by atoms with E-state index in [4.69, 9.17) is 4.74 Å². The van der Waals surface area contributed by atoms with Crippen molar-refractivity contribution in [3.63, 3.8) is 0 Å². The lowest BCUT2D eigenvalue weighted by Crippen LogP contribution is -2.38. The Labute approximate surface area is 236 Å². The van der Waals surface area contributed by atoms with Crippen molar-refractivity contribution >= 4 is 33.8 Å². The number of ether oxygens (including phenoxy) is 1. The van der Waals surface area contributed by atoms with E-state index in [1.807, 2.05) is 6.08 Å². The fourth-order valence-corrected chi connectivity index (χ4v) is 5.08. The van der Waals surface area contributed by atoms with Gasteiger partial charge in [-0.3, -0.25) is 4.72 Å². The summed E-state index contributed by atoms with van der Waals surface area (Å²) in [5.74, 6) is 0.0517. The lowest BCUT2D eigenvalue weighted by molar-refractivity contribution is -0.137. The molecule has 0 spiro atoms. The number of amides is 1. The van der Waals surface area contributed by atoms with Gasteiger partial charge >= 0.3 is 12.3 Å². The molecule has 0 radical (unpaired) electrons. The van der Waals surface area contributed by atoms with Crippen molar-refractivity contribution in [3.8, 4) is 11.3 Å². The number of halogens is 3. The minimum atomic E-state index is -4.72. The van der Waals surface area contributed by atoms with E-state index in [1.165, 1.54) is 18.2 Å². The Balaban J connectivity index is 1.73. The predicted molar refractivity (Wildman–Crippen MR) is 150 cm³/mol. The van der Waals surface area contributed by atoms with Gasteiger partial charge in [-0.25, -0.2) is 14.8 Å². The molecule has 1 aliphatic rings. The van der Waals surface area contributed by atoms with Crippen LogP contribution in [0.2, 0.25) is 0 Å². The molecule has 0 atom stereocenters. The van der Waals surface area contributed by atoms with Crippen LogP contribution in [-0.4, -0.2) is 49.7 Å². The quantitative estimate of drug-likeness (QED) is 0.402. The third-order valence-corrected chi connectivity index (χ3v) is 7.13. The number of rotatable bonds is 3. The fourth-order valence-electron chi connectivity index (χ4n) is 4.12. The molecule has 9 nitrogen and oxygen atoms in total. The number of carbonyl (C=O) groups is 1. The highest BCUT2D eigenvalue weighted by molar-refractivity contribution is 7.92.